The molecule has 0 amide bonds. The number of nitrogens with zero attached hydrogens (tertiary/aromatic N) is 1. The molecule has 0 atom stereocenters. The summed E-state index contributed by atoms with van der Waals surface area (Å²) in [6.07, 6.45) is 1.71. The maximum absolute atomic E-state index is 5.79. The minimum Gasteiger partial charge on any atom is -0.397 e. The Labute approximate surface area is 92.4 Å². The summed E-state index contributed by atoms with van der Waals surface area (Å²) in [5, 5.41) is 10.5. The number of nitrogens with one attached hydrogen (secondary N) is 2. The number of anilines is 2. The highest BCUT2D eigenvalue weighted by atomic mass is 35.5. The fourth-order valence-corrected chi connectivity index (χ4v) is 1.45. The standard InChI is InChI=1S/C10H11ClN4/c11-7-1-2-10(9(12)5-7)13-6-8-3-4-14-15-8/h1-5,13H,6,12H2,(H,14,15). The van der Waals surface area contributed by atoms with Crippen molar-refractivity contribution in [3.8, 4) is 0 Å². The maximum atomic E-state index is 5.79. The molecule has 0 aliphatic carbocycles. The molecule has 4 nitrogen and oxygen atoms in total. The number of aromatic nitrogens is 2. The van der Waals surface area contributed by atoms with Gasteiger partial charge in [0.2, 0.25) is 0 Å². The molecule has 1 aromatic heterocycles. The van der Waals surface area contributed by atoms with E-state index in [1.54, 1.807) is 18.3 Å². The molecule has 0 radical (unpaired) electrons. The van der Waals surface area contributed by atoms with Crippen LogP contribution in [-0.4, -0.2) is 10.2 Å². The van der Waals surface area contributed by atoms with Crippen molar-refractivity contribution in [1.29, 1.82) is 0 Å². The van der Waals surface area contributed by atoms with Crippen LogP contribution in [-0.2, 0) is 6.54 Å². The van der Waals surface area contributed by atoms with Crippen LogP contribution in [0.15, 0.2) is 30.5 Å². The van der Waals surface area contributed by atoms with Crippen LogP contribution in [0, 0.1) is 0 Å². The summed E-state index contributed by atoms with van der Waals surface area (Å²) in [5.74, 6) is 0. The Bertz CT molecular complexity index is 439. The number of nitrogen functional groups attached to an aromatic ring is 1. The second kappa shape index (κ2) is 4.23. The monoisotopic (exact) mass is 222 g/mol. The molecule has 0 aliphatic rings. The Kier molecular flexibility index (Phi) is 2.78. The van der Waals surface area contributed by atoms with Crippen LogP contribution >= 0.6 is 11.6 Å². The highest BCUT2D eigenvalue weighted by Gasteiger charge is 1.99. The Balaban J connectivity index is 2.05. The molecule has 0 saturated heterocycles. The fourth-order valence-electron chi connectivity index (χ4n) is 1.27. The molecule has 5 heteroatoms. The molecule has 1 heterocycles. The van der Waals surface area contributed by atoms with Crippen LogP contribution < -0.4 is 11.1 Å². The highest BCUT2D eigenvalue weighted by molar-refractivity contribution is 6.31. The van der Waals surface area contributed by atoms with Crippen molar-refractivity contribution in [3.05, 3.63) is 41.2 Å². The molecular weight excluding hydrogens is 212 g/mol. The molecule has 2 rings (SSSR count). The third-order valence-corrected chi connectivity index (χ3v) is 2.28. The van der Waals surface area contributed by atoms with E-state index < -0.39 is 0 Å². The third kappa shape index (κ3) is 2.41. The van der Waals surface area contributed by atoms with E-state index in [2.05, 4.69) is 15.5 Å². The van der Waals surface area contributed by atoms with E-state index in [1.807, 2.05) is 12.1 Å². The van der Waals surface area contributed by atoms with Gasteiger partial charge in [-0.1, -0.05) is 11.6 Å². The zero-order valence-corrected chi connectivity index (χ0v) is 8.75. The topological polar surface area (TPSA) is 66.7 Å². The van der Waals surface area contributed by atoms with Gasteiger partial charge in [-0.2, -0.15) is 5.10 Å². The first kappa shape index (κ1) is 9.86. The molecule has 0 bridgehead atoms. The van der Waals surface area contributed by atoms with Crippen LogP contribution in [0.25, 0.3) is 0 Å². The molecule has 78 valence electrons. The average molecular weight is 223 g/mol. The molecule has 1 aromatic carbocycles. The average Bonchev–Trinajstić information content (AvgIpc) is 2.69. The zero-order valence-electron chi connectivity index (χ0n) is 8.00. The number of rotatable bonds is 3. The number of halogens is 1. The van der Waals surface area contributed by atoms with Gasteiger partial charge in [0.05, 0.1) is 23.6 Å². The first-order valence-corrected chi connectivity index (χ1v) is 4.90. The van der Waals surface area contributed by atoms with Crippen LogP contribution in [0.4, 0.5) is 11.4 Å². The van der Waals surface area contributed by atoms with Gasteiger partial charge in [-0.25, -0.2) is 0 Å². The van der Waals surface area contributed by atoms with Gasteiger partial charge in [-0.3, -0.25) is 5.10 Å². The van der Waals surface area contributed by atoms with E-state index in [1.165, 1.54) is 0 Å². The van der Waals surface area contributed by atoms with Gasteiger partial charge >= 0.3 is 0 Å². The lowest BCUT2D eigenvalue weighted by molar-refractivity contribution is 0.982. The van der Waals surface area contributed by atoms with Crippen LogP contribution in [0.3, 0.4) is 0 Å². The number of nitrogens with two attached hydrogens (primary N) is 1. The molecule has 2 aromatic rings. The first-order valence-electron chi connectivity index (χ1n) is 4.53. The largest absolute Gasteiger partial charge is 0.397 e. The second-order valence-electron chi connectivity index (χ2n) is 3.17. The van der Waals surface area contributed by atoms with Gasteiger partial charge in [0.1, 0.15) is 0 Å². The van der Waals surface area contributed by atoms with Crippen LogP contribution in [0.5, 0.6) is 0 Å². The van der Waals surface area contributed by atoms with Crippen molar-refractivity contribution in [2.24, 2.45) is 0 Å². The van der Waals surface area contributed by atoms with Crippen LogP contribution in [0.1, 0.15) is 5.69 Å². The minimum atomic E-state index is 0.639. The summed E-state index contributed by atoms with van der Waals surface area (Å²) in [6, 6.07) is 7.27. The van der Waals surface area contributed by atoms with E-state index in [0.717, 1.165) is 11.4 Å². The number of benzene rings is 1. The zero-order chi connectivity index (χ0) is 10.7. The van der Waals surface area contributed by atoms with Gasteiger partial charge in [0.15, 0.2) is 0 Å². The fraction of sp³-hybridized carbons (Fsp3) is 0.100. The van der Waals surface area contributed by atoms with E-state index in [-0.39, 0.29) is 0 Å². The van der Waals surface area contributed by atoms with Gasteiger partial charge in [-0.05, 0) is 24.3 Å². The van der Waals surface area contributed by atoms with Gasteiger partial charge in [-0.15, -0.1) is 0 Å². The van der Waals surface area contributed by atoms with Gasteiger partial charge < -0.3 is 11.1 Å². The quantitative estimate of drug-likeness (QED) is 0.698. The SMILES string of the molecule is Nc1cc(Cl)ccc1NCc1ccn[nH]1. The lowest BCUT2D eigenvalue weighted by Gasteiger charge is -2.08. The summed E-state index contributed by atoms with van der Waals surface area (Å²) in [4.78, 5) is 0. The molecule has 0 saturated carbocycles. The van der Waals surface area contributed by atoms with E-state index >= 15 is 0 Å². The Morgan fingerprint density at radius 2 is 2.27 bits per heavy atom. The van der Waals surface area contributed by atoms with E-state index in [4.69, 9.17) is 17.3 Å². The van der Waals surface area contributed by atoms with E-state index in [9.17, 15) is 0 Å². The first-order chi connectivity index (χ1) is 7.25. The number of aromatic amines is 1. The summed E-state index contributed by atoms with van der Waals surface area (Å²) in [5.41, 5.74) is 8.30. The van der Waals surface area contributed by atoms with E-state index in [0.29, 0.717) is 17.3 Å². The lowest BCUT2D eigenvalue weighted by Crippen LogP contribution is -2.02. The van der Waals surface area contributed by atoms with Crippen molar-refractivity contribution in [2.45, 2.75) is 6.54 Å². The Hall–Kier alpha value is -1.68. The van der Waals surface area contributed by atoms with Crippen molar-refractivity contribution in [2.75, 3.05) is 11.1 Å². The van der Waals surface area contributed by atoms with Gasteiger partial charge in [0, 0.05) is 11.2 Å². The molecule has 0 aliphatic heterocycles. The van der Waals surface area contributed by atoms with Crippen molar-refractivity contribution < 1.29 is 0 Å². The summed E-state index contributed by atoms with van der Waals surface area (Å²) >= 11 is 5.79. The van der Waals surface area contributed by atoms with Crippen LogP contribution in [0.2, 0.25) is 5.02 Å². The minimum absolute atomic E-state index is 0.639. The molecule has 15 heavy (non-hydrogen) atoms. The molecule has 0 spiro atoms. The second-order valence-corrected chi connectivity index (χ2v) is 3.60. The Morgan fingerprint density at radius 3 is 2.93 bits per heavy atom. The van der Waals surface area contributed by atoms with Gasteiger partial charge in [0.25, 0.3) is 0 Å². The number of H-pyrrole nitrogens is 1. The summed E-state index contributed by atoms with van der Waals surface area (Å²) in [6.45, 7) is 0.659. The molecule has 0 unspecified atom stereocenters. The Morgan fingerprint density at radius 1 is 1.40 bits per heavy atom. The van der Waals surface area contributed by atoms with Crippen molar-refractivity contribution in [1.82, 2.24) is 10.2 Å². The normalized spacial score (nSPS) is 10.2. The summed E-state index contributed by atoms with van der Waals surface area (Å²) < 4.78 is 0. The molecular formula is C10H11ClN4. The molecule has 4 N–H and O–H groups in total. The smallest absolute Gasteiger partial charge is 0.0578 e. The third-order valence-electron chi connectivity index (χ3n) is 2.04. The predicted octanol–water partition coefficient (Wildman–Crippen LogP) is 2.26. The highest BCUT2D eigenvalue weighted by Crippen LogP contribution is 2.22. The molecule has 0 fully saturated rings. The number of hydrogen-bond acceptors (Lipinski definition) is 3. The maximum Gasteiger partial charge on any atom is 0.0578 e. The summed E-state index contributed by atoms with van der Waals surface area (Å²) in [7, 11) is 0. The number of hydrogen-bond donors (Lipinski definition) is 3. The van der Waals surface area contributed by atoms with Crippen molar-refractivity contribution >= 4 is 23.0 Å². The lowest BCUT2D eigenvalue weighted by atomic mass is 10.2. The van der Waals surface area contributed by atoms with Crippen molar-refractivity contribution in [3.63, 3.8) is 0 Å². The predicted molar refractivity (Wildman–Crippen MR) is 61.8 cm³/mol.